The molecule has 1 fully saturated rings. The number of benzene rings is 1. The van der Waals surface area contributed by atoms with Crippen LogP contribution in [0.5, 0.6) is 0 Å². The zero-order valence-electron chi connectivity index (χ0n) is 14.0. The molecule has 1 aromatic carbocycles. The maximum Gasteiger partial charge on any atom is 0.406 e. The highest BCUT2D eigenvalue weighted by molar-refractivity contribution is 5.94. The van der Waals surface area contributed by atoms with Crippen molar-refractivity contribution < 1.29 is 22.7 Å². The van der Waals surface area contributed by atoms with Crippen molar-refractivity contribution in [1.82, 2.24) is 19.7 Å². The van der Waals surface area contributed by atoms with Gasteiger partial charge in [0.15, 0.2) is 0 Å². The molecule has 0 radical (unpaired) electrons. The number of rotatable bonds is 5. The lowest BCUT2D eigenvalue weighted by Crippen LogP contribution is -2.49. The van der Waals surface area contributed by atoms with E-state index in [9.17, 15) is 18.0 Å². The van der Waals surface area contributed by atoms with E-state index in [0.717, 1.165) is 10.5 Å². The molecular weight excluding hydrogens is 349 g/mol. The molecule has 0 spiro atoms. The van der Waals surface area contributed by atoms with Gasteiger partial charge in [-0.1, -0.05) is 12.1 Å². The highest BCUT2D eigenvalue weighted by Crippen LogP contribution is 2.23. The minimum atomic E-state index is -4.46. The summed E-state index contributed by atoms with van der Waals surface area (Å²) < 4.78 is 45.8. The van der Waals surface area contributed by atoms with Crippen molar-refractivity contribution in [1.29, 1.82) is 0 Å². The van der Waals surface area contributed by atoms with E-state index in [0.29, 0.717) is 26.0 Å². The predicted octanol–water partition coefficient (Wildman–Crippen LogP) is 2.51. The fourth-order valence-electron chi connectivity index (χ4n) is 2.95. The molecule has 0 aliphatic carbocycles. The second-order valence-corrected chi connectivity index (χ2v) is 6.21. The number of aromatic nitrogens is 3. The van der Waals surface area contributed by atoms with Gasteiger partial charge in [-0.2, -0.15) is 18.3 Å². The van der Waals surface area contributed by atoms with Crippen molar-refractivity contribution in [3.63, 3.8) is 0 Å². The van der Waals surface area contributed by atoms with E-state index in [1.807, 2.05) is 0 Å². The smallest absolute Gasteiger partial charge is 0.379 e. The molecule has 1 atom stereocenters. The van der Waals surface area contributed by atoms with E-state index < -0.39 is 24.7 Å². The first kappa shape index (κ1) is 18.4. The third-order valence-electron chi connectivity index (χ3n) is 4.20. The maximum absolute atomic E-state index is 13.0. The van der Waals surface area contributed by atoms with Crippen molar-refractivity contribution in [2.24, 2.45) is 0 Å². The molecule has 3 rings (SSSR count). The summed E-state index contributed by atoms with van der Waals surface area (Å²) in [5.41, 5.74) is 1.09. The summed E-state index contributed by atoms with van der Waals surface area (Å²) in [5.74, 6) is -0.634. The predicted molar refractivity (Wildman–Crippen MR) is 86.5 cm³/mol. The molecule has 1 aliphatic rings. The third-order valence-corrected chi connectivity index (χ3v) is 4.20. The summed E-state index contributed by atoms with van der Waals surface area (Å²) in [5, 5.41) is 3.99. The van der Waals surface area contributed by atoms with Crippen molar-refractivity contribution in [3.8, 4) is 0 Å². The Balaban J connectivity index is 1.74. The molecule has 1 saturated heterocycles. The Bertz CT molecular complexity index is 711. The summed E-state index contributed by atoms with van der Waals surface area (Å²) in [6.07, 6.45) is -0.331. The van der Waals surface area contributed by atoms with Gasteiger partial charge in [0.25, 0.3) is 5.91 Å². The summed E-state index contributed by atoms with van der Waals surface area (Å²) in [6, 6.07) is 5.94. The van der Waals surface area contributed by atoms with Gasteiger partial charge in [0.2, 0.25) is 0 Å². The van der Waals surface area contributed by atoms with Gasteiger partial charge >= 0.3 is 6.18 Å². The third kappa shape index (κ3) is 4.81. The highest BCUT2D eigenvalue weighted by Gasteiger charge is 2.37. The molecule has 1 amide bonds. The van der Waals surface area contributed by atoms with Gasteiger partial charge in [0.05, 0.1) is 19.2 Å². The van der Waals surface area contributed by atoms with E-state index in [4.69, 9.17) is 4.74 Å². The molecule has 2 heterocycles. The van der Waals surface area contributed by atoms with Gasteiger partial charge in [-0.15, -0.1) is 0 Å². The minimum absolute atomic E-state index is 0.131. The average molecular weight is 368 g/mol. The summed E-state index contributed by atoms with van der Waals surface area (Å²) >= 11 is 0. The second-order valence-electron chi connectivity index (χ2n) is 6.21. The van der Waals surface area contributed by atoms with Crippen LogP contribution in [-0.2, 0) is 11.3 Å². The number of amides is 1. The van der Waals surface area contributed by atoms with Gasteiger partial charge in [-0.25, -0.2) is 9.67 Å². The van der Waals surface area contributed by atoms with Crippen LogP contribution >= 0.6 is 0 Å². The lowest BCUT2D eigenvalue weighted by atomic mass is 10.1. The van der Waals surface area contributed by atoms with E-state index >= 15 is 0 Å². The van der Waals surface area contributed by atoms with Crippen molar-refractivity contribution in [2.45, 2.75) is 31.6 Å². The van der Waals surface area contributed by atoms with Crippen LogP contribution in [0.1, 0.15) is 28.8 Å². The zero-order chi connectivity index (χ0) is 18.6. The lowest BCUT2D eigenvalue weighted by Gasteiger charge is -2.34. The van der Waals surface area contributed by atoms with Crippen molar-refractivity contribution in [2.75, 3.05) is 19.8 Å². The summed E-state index contributed by atoms with van der Waals surface area (Å²) in [6.45, 7) is -0.161. The van der Waals surface area contributed by atoms with E-state index in [-0.39, 0.29) is 12.2 Å². The monoisotopic (exact) mass is 368 g/mol. The first-order valence-corrected chi connectivity index (χ1v) is 8.29. The number of ether oxygens (including phenoxy) is 1. The van der Waals surface area contributed by atoms with Crippen molar-refractivity contribution in [3.05, 3.63) is 48.0 Å². The second kappa shape index (κ2) is 7.86. The van der Waals surface area contributed by atoms with Crippen LogP contribution in [0.4, 0.5) is 13.2 Å². The van der Waals surface area contributed by atoms with E-state index in [1.165, 1.54) is 6.33 Å². The summed E-state index contributed by atoms with van der Waals surface area (Å²) in [7, 11) is 0. The normalized spacial score (nSPS) is 17.9. The molecule has 0 saturated carbocycles. The van der Waals surface area contributed by atoms with Crippen LogP contribution in [0.25, 0.3) is 0 Å². The first-order chi connectivity index (χ1) is 12.4. The van der Waals surface area contributed by atoms with Gasteiger partial charge in [0, 0.05) is 12.2 Å². The van der Waals surface area contributed by atoms with Gasteiger partial charge in [-0.05, 0) is 30.5 Å². The standard InChI is InChI=1S/C17H19F3N4O2/c18-17(19,20)10-24(15-2-1-7-26-9-15)16(25)14-5-3-13(4-6-14)8-23-12-21-11-22-23/h3-6,11-12,15H,1-2,7-10H2. The van der Waals surface area contributed by atoms with Crippen molar-refractivity contribution >= 4 is 5.91 Å². The molecule has 2 aromatic rings. The number of hydrogen-bond donors (Lipinski definition) is 0. The molecule has 0 bridgehead atoms. The van der Waals surface area contributed by atoms with Gasteiger partial charge in [-0.3, -0.25) is 4.79 Å². The van der Waals surface area contributed by atoms with Gasteiger partial charge < -0.3 is 9.64 Å². The maximum atomic E-state index is 13.0. The average Bonchev–Trinajstić information content (AvgIpc) is 3.13. The molecular formula is C17H19F3N4O2. The number of carbonyl (C=O) groups is 1. The molecule has 26 heavy (non-hydrogen) atoms. The molecule has 9 heteroatoms. The van der Waals surface area contributed by atoms with Crippen LogP contribution in [0.3, 0.4) is 0 Å². The number of halogens is 3. The molecule has 140 valence electrons. The Morgan fingerprint density at radius 3 is 2.65 bits per heavy atom. The Hall–Kier alpha value is -2.42. The van der Waals surface area contributed by atoms with Crippen LogP contribution in [-0.4, -0.2) is 57.5 Å². The van der Waals surface area contributed by atoms with E-state index in [1.54, 1.807) is 35.3 Å². The molecule has 1 aliphatic heterocycles. The number of hydrogen-bond acceptors (Lipinski definition) is 4. The van der Waals surface area contributed by atoms with Crippen LogP contribution in [0.15, 0.2) is 36.9 Å². The fourth-order valence-corrected chi connectivity index (χ4v) is 2.95. The van der Waals surface area contributed by atoms with Crippen LogP contribution < -0.4 is 0 Å². The Kier molecular flexibility index (Phi) is 5.55. The highest BCUT2D eigenvalue weighted by atomic mass is 19.4. The topological polar surface area (TPSA) is 60.2 Å². The SMILES string of the molecule is O=C(c1ccc(Cn2cncn2)cc1)N(CC(F)(F)F)C1CCCOC1. The Morgan fingerprint density at radius 2 is 2.08 bits per heavy atom. The molecule has 1 aromatic heterocycles. The Labute approximate surface area is 148 Å². The number of nitrogens with zero attached hydrogens (tertiary/aromatic N) is 4. The fraction of sp³-hybridized carbons (Fsp3) is 0.471. The number of alkyl halides is 3. The molecule has 6 nitrogen and oxygen atoms in total. The van der Waals surface area contributed by atoms with Crippen LogP contribution in [0.2, 0.25) is 0 Å². The first-order valence-electron chi connectivity index (χ1n) is 8.29. The Morgan fingerprint density at radius 1 is 1.31 bits per heavy atom. The summed E-state index contributed by atoms with van der Waals surface area (Å²) in [4.78, 5) is 17.4. The quantitative estimate of drug-likeness (QED) is 0.814. The van der Waals surface area contributed by atoms with E-state index in [2.05, 4.69) is 10.1 Å². The lowest BCUT2D eigenvalue weighted by molar-refractivity contribution is -0.148. The minimum Gasteiger partial charge on any atom is -0.379 e. The largest absolute Gasteiger partial charge is 0.406 e. The number of carbonyl (C=O) groups excluding carboxylic acids is 1. The van der Waals surface area contributed by atoms with Crippen LogP contribution in [0, 0.1) is 0 Å². The molecule has 0 N–H and O–H groups in total. The van der Waals surface area contributed by atoms with Gasteiger partial charge in [0.1, 0.15) is 19.2 Å². The molecule has 1 unspecified atom stereocenters. The zero-order valence-corrected chi connectivity index (χ0v) is 14.0.